The van der Waals surface area contributed by atoms with Crippen molar-refractivity contribution in [1.82, 2.24) is 10.2 Å². The first-order chi connectivity index (χ1) is 11.2. The number of carbonyl (C=O) groups is 2. The summed E-state index contributed by atoms with van der Waals surface area (Å²) in [6.07, 6.45) is 0.327. The highest BCUT2D eigenvalue weighted by molar-refractivity contribution is 7.18. The molecular weight excluding hydrogens is 330 g/mol. The third kappa shape index (κ3) is 4.08. The van der Waals surface area contributed by atoms with Crippen molar-refractivity contribution in [2.24, 2.45) is 0 Å². The van der Waals surface area contributed by atoms with Crippen LogP contribution in [0.3, 0.4) is 0 Å². The van der Waals surface area contributed by atoms with Crippen molar-refractivity contribution < 1.29 is 9.59 Å². The molecule has 0 saturated heterocycles. The summed E-state index contributed by atoms with van der Waals surface area (Å²) in [4.78, 5) is 24.4. The van der Waals surface area contributed by atoms with Gasteiger partial charge in [-0.1, -0.05) is 47.7 Å². The van der Waals surface area contributed by atoms with Gasteiger partial charge in [-0.3, -0.25) is 9.59 Å². The molecule has 0 bridgehead atoms. The summed E-state index contributed by atoms with van der Waals surface area (Å²) in [5.74, 6) is -0.247. The second-order valence-corrected chi connectivity index (χ2v) is 6.65. The zero-order valence-corrected chi connectivity index (χ0v) is 13.7. The van der Waals surface area contributed by atoms with Gasteiger partial charge in [-0.2, -0.15) is 0 Å². The highest BCUT2D eigenvalue weighted by Gasteiger charge is 2.12. The molecule has 23 heavy (non-hydrogen) atoms. The predicted octanol–water partition coefficient (Wildman–Crippen LogP) is 3.87. The first-order valence-corrected chi connectivity index (χ1v) is 8.67. The molecule has 0 aliphatic carbocycles. The van der Waals surface area contributed by atoms with Gasteiger partial charge in [0.1, 0.15) is 5.01 Å². The van der Waals surface area contributed by atoms with Crippen molar-refractivity contribution in [1.29, 1.82) is 0 Å². The van der Waals surface area contributed by atoms with Gasteiger partial charge in [0.15, 0.2) is 5.78 Å². The highest BCUT2D eigenvalue weighted by atomic mass is 32.1. The number of anilines is 1. The average Bonchev–Trinajstić information content (AvgIpc) is 3.25. The maximum absolute atomic E-state index is 11.9. The molecule has 3 aromatic rings. The molecule has 0 radical (unpaired) electrons. The van der Waals surface area contributed by atoms with E-state index in [1.165, 1.54) is 22.7 Å². The topological polar surface area (TPSA) is 72.0 Å². The molecule has 0 aliphatic rings. The molecule has 1 amide bonds. The molecule has 1 N–H and O–H groups in total. The minimum Gasteiger partial charge on any atom is -0.301 e. The van der Waals surface area contributed by atoms with Gasteiger partial charge in [0.25, 0.3) is 0 Å². The lowest BCUT2D eigenvalue weighted by atomic mass is 10.2. The molecular formula is C16H13N3O2S2. The van der Waals surface area contributed by atoms with Crippen LogP contribution >= 0.6 is 22.7 Å². The number of benzene rings is 1. The normalized spacial score (nSPS) is 10.4. The minimum absolute atomic E-state index is 0.0163. The van der Waals surface area contributed by atoms with Crippen molar-refractivity contribution in [2.75, 3.05) is 5.32 Å². The number of hydrogen-bond acceptors (Lipinski definition) is 6. The zero-order chi connectivity index (χ0) is 16.1. The van der Waals surface area contributed by atoms with Gasteiger partial charge >= 0.3 is 0 Å². The first-order valence-electron chi connectivity index (χ1n) is 6.98. The third-order valence-electron chi connectivity index (χ3n) is 3.07. The number of nitrogens with zero attached hydrogens (tertiary/aromatic N) is 2. The van der Waals surface area contributed by atoms with E-state index in [2.05, 4.69) is 15.5 Å². The molecule has 0 atom stereocenters. The van der Waals surface area contributed by atoms with E-state index in [1.54, 1.807) is 6.07 Å². The number of thiophene rings is 1. The van der Waals surface area contributed by atoms with Gasteiger partial charge in [0.05, 0.1) is 4.88 Å². The molecule has 0 unspecified atom stereocenters. The van der Waals surface area contributed by atoms with Crippen LogP contribution in [0.5, 0.6) is 0 Å². The van der Waals surface area contributed by atoms with Gasteiger partial charge in [-0.15, -0.1) is 21.5 Å². The quantitative estimate of drug-likeness (QED) is 0.690. The standard InChI is InChI=1S/C16H13N3O2S2/c20-12(13-7-4-10-22-13)8-9-14(21)17-16-19-18-15(23-16)11-5-2-1-3-6-11/h1-7,10H,8-9H2,(H,17,19,21). The van der Waals surface area contributed by atoms with E-state index >= 15 is 0 Å². The summed E-state index contributed by atoms with van der Waals surface area (Å²) >= 11 is 2.70. The Kier molecular flexibility index (Phi) is 4.89. The number of ketones is 1. The number of Topliss-reactive ketones (excluding diaryl/α,β-unsaturated/α-hetero) is 1. The predicted molar refractivity (Wildman–Crippen MR) is 91.9 cm³/mol. The molecule has 0 aliphatic heterocycles. The largest absolute Gasteiger partial charge is 0.301 e. The maximum Gasteiger partial charge on any atom is 0.226 e. The molecule has 0 spiro atoms. The molecule has 2 heterocycles. The fraction of sp³-hybridized carbons (Fsp3) is 0.125. The SMILES string of the molecule is O=C(CCC(=O)c1cccs1)Nc1nnc(-c2ccccc2)s1. The summed E-state index contributed by atoms with van der Waals surface area (Å²) in [5, 5.41) is 13.8. The fourth-order valence-electron chi connectivity index (χ4n) is 1.94. The van der Waals surface area contributed by atoms with Crippen LogP contribution in [0.4, 0.5) is 5.13 Å². The van der Waals surface area contributed by atoms with Crippen molar-refractivity contribution in [3.8, 4) is 10.6 Å². The minimum atomic E-state index is -0.231. The van der Waals surface area contributed by atoms with Crippen LogP contribution in [0, 0.1) is 0 Å². The summed E-state index contributed by atoms with van der Waals surface area (Å²) in [5.41, 5.74) is 0.957. The number of rotatable bonds is 6. The lowest BCUT2D eigenvalue weighted by molar-refractivity contribution is -0.116. The van der Waals surface area contributed by atoms with E-state index < -0.39 is 0 Å². The van der Waals surface area contributed by atoms with Crippen LogP contribution in [0.1, 0.15) is 22.5 Å². The van der Waals surface area contributed by atoms with Gasteiger partial charge in [0, 0.05) is 18.4 Å². The Morgan fingerprint density at radius 2 is 1.83 bits per heavy atom. The van der Waals surface area contributed by atoms with Crippen molar-refractivity contribution in [3.63, 3.8) is 0 Å². The second-order valence-electron chi connectivity index (χ2n) is 4.73. The van der Waals surface area contributed by atoms with E-state index in [9.17, 15) is 9.59 Å². The number of carbonyl (C=O) groups excluding carboxylic acids is 2. The molecule has 2 aromatic heterocycles. The Balaban J connectivity index is 1.54. The third-order valence-corrected chi connectivity index (χ3v) is 4.87. The van der Waals surface area contributed by atoms with Gasteiger partial charge < -0.3 is 5.32 Å². The lowest BCUT2D eigenvalue weighted by Crippen LogP contribution is -2.13. The molecule has 7 heteroatoms. The van der Waals surface area contributed by atoms with E-state index in [4.69, 9.17) is 0 Å². The van der Waals surface area contributed by atoms with Gasteiger partial charge in [-0.05, 0) is 11.4 Å². The second kappa shape index (κ2) is 7.26. The van der Waals surface area contributed by atoms with Crippen molar-refractivity contribution >= 4 is 39.5 Å². The average molecular weight is 343 g/mol. The molecule has 0 saturated carbocycles. The Hall–Kier alpha value is -2.38. The van der Waals surface area contributed by atoms with Gasteiger partial charge in [0.2, 0.25) is 11.0 Å². The van der Waals surface area contributed by atoms with Crippen LogP contribution in [-0.4, -0.2) is 21.9 Å². The summed E-state index contributed by atoms with van der Waals surface area (Å²) in [6.45, 7) is 0. The Bertz CT molecular complexity index is 798. The maximum atomic E-state index is 11.9. The van der Waals surface area contributed by atoms with E-state index in [1.807, 2.05) is 41.8 Å². The van der Waals surface area contributed by atoms with E-state index in [-0.39, 0.29) is 24.5 Å². The van der Waals surface area contributed by atoms with Crippen LogP contribution in [0.15, 0.2) is 47.8 Å². The van der Waals surface area contributed by atoms with Crippen LogP contribution in [-0.2, 0) is 4.79 Å². The van der Waals surface area contributed by atoms with Crippen LogP contribution in [0.2, 0.25) is 0 Å². The van der Waals surface area contributed by atoms with Crippen LogP contribution < -0.4 is 5.32 Å². The van der Waals surface area contributed by atoms with E-state index in [0.29, 0.717) is 10.0 Å². The molecule has 0 fully saturated rings. The monoisotopic (exact) mass is 343 g/mol. The smallest absolute Gasteiger partial charge is 0.226 e. The summed E-state index contributed by atoms with van der Waals surface area (Å²) < 4.78 is 0. The fourth-order valence-corrected chi connectivity index (χ4v) is 3.40. The van der Waals surface area contributed by atoms with Gasteiger partial charge in [-0.25, -0.2) is 0 Å². The van der Waals surface area contributed by atoms with E-state index in [0.717, 1.165) is 10.6 Å². The number of hydrogen-bond donors (Lipinski definition) is 1. The highest BCUT2D eigenvalue weighted by Crippen LogP contribution is 2.26. The van der Waals surface area contributed by atoms with Crippen molar-refractivity contribution in [3.05, 3.63) is 52.7 Å². The number of amides is 1. The summed E-state index contributed by atoms with van der Waals surface area (Å²) in [6, 6.07) is 13.2. The number of nitrogens with one attached hydrogen (secondary N) is 1. The Labute approximate surface area is 141 Å². The molecule has 116 valence electrons. The molecule has 3 rings (SSSR count). The number of aromatic nitrogens is 2. The first kappa shape index (κ1) is 15.5. The summed E-state index contributed by atoms with van der Waals surface area (Å²) in [7, 11) is 0. The van der Waals surface area contributed by atoms with Crippen LogP contribution in [0.25, 0.3) is 10.6 Å². The van der Waals surface area contributed by atoms with Crippen molar-refractivity contribution in [2.45, 2.75) is 12.8 Å². The Morgan fingerprint density at radius 1 is 1.00 bits per heavy atom. The Morgan fingerprint density at radius 3 is 2.57 bits per heavy atom. The molecule has 1 aromatic carbocycles. The molecule has 5 nitrogen and oxygen atoms in total. The lowest BCUT2D eigenvalue weighted by Gasteiger charge is -2.00. The zero-order valence-electron chi connectivity index (χ0n) is 12.1.